The van der Waals surface area contributed by atoms with Crippen LogP contribution in [0, 0.1) is 0 Å². The number of rotatable bonds is 4. The lowest BCUT2D eigenvalue weighted by atomic mass is 9.98. The highest BCUT2D eigenvalue weighted by Crippen LogP contribution is 2.41. The van der Waals surface area contributed by atoms with Crippen molar-refractivity contribution >= 4 is 17.6 Å². The number of para-hydroxylation sites is 1. The summed E-state index contributed by atoms with van der Waals surface area (Å²) >= 11 is 0. The van der Waals surface area contributed by atoms with Crippen LogP contribution in [-0.2, 0) is 11.2 Å². The van der Waals surface area contributed by atoms with E-state index in [1.807, 2.05) is 27.8 Å². The van der Waals surface area contributed by atoms with Crippen LogP contribution in [-0.4, -0.2) is 48.4 Å². The highest BCUT2D eigenvalue weighted by atomic mass is 16.2. The third-order valence-electron chi connectivity index (χ3n) is 7.09. The van der Waals surface area contributed by atoms with Gasteiger partial charge in [-0.05, 0) is 48.4 Å². The molecule has 1 fully saturated rings. The molecule has 5 nitrogen and oxygen atoms in total. The average Bonchev–Trinajstić information content (AvgIpc) is 3.48. The second kappa shape index (κ2) is 7.78. The smallest absolute Gasteiger partial charge is 0.324 e. The van der Waals surface area contributed by atoms with Crippen molar-refractivity contribution in [3.63, 3.8) is 0 Å². The average molecular weight is 404 g/mol. The first-order chi connectivity index (χ1) is 14.6. The van der Waals surface area contributed by atoms with Crippen LogP contribution in [0.4, 0.5) is 10.5 Å². The van der Waals surface area contributed by atoms with E-state index in [0.717, 1.165) is 44.5 Å². The van der Waals surface area contributed by atoms with Crippen molar-refractivity contribution in [1.29, 1.82) is 0 Å². The molecule has 0 spiro atoms. The molecule has 0 radical (unpaired) electrons. The Kier molecular flexibility index (Phi) is 4.97. The van der Waals surface area contributed by atoms with E-state index >= 15 is 0 Å². The molecule has 0 bridgehead atoms. The molecule has 0 aromatic heterocycles. The van der Waals surface area contributed by atoms with Gasteiger partial charge in [0, 0.05) is 44.7 Å². The Labute approximate surface area is 178 Å². The molecular formula is C25H29N3O2. The summed E-state index contributed by atoms with van der Waals surface area (Å²) < 4.78 is 0. The molecule has 2 heterocycles. The number of likely N-dealkylation sites (tertiary alicyclic amines) is 1. The fourth-order valence-corrected chi connectivity index (χ4v) is 5.44. The number of nitrogens with zero attached hydrogens (tertiary/aromatic N) is 3. The number of carbonyl (C=O) groups is 2. The monoisotopic (exact) mass is 403 g/mol. The van der Waals surface area contributed by atoms with Gasteiger partial charge in [0.2, 0.25) is 5.91 Å². The van der Waals surface area contributed by atoms with Crippen LogP contribution < -0.4 is 4.90 Å². The first-order valence-electron chi connectivity index (χ1n) is 11.1. The zero-order chi connectivity index (χ0) is 20.7. The zero-order valence-corrected chi connectivity index (χ0v) is 17.6. The normalized spacial score (nSPS) is 22.4. The van der Waals surface area contributed by atoms with Gasteiger partial charge in [-0.3, -0.25) is 9.69 Å². The molecular weight excluding hydrogens is 374 g/mol. The van der Waals surface area contributed by atoms with Gasteiger partial charge in [0.05, 0.1) is 6.04 Å². The van der Waals surface area contributed by atoms with Gasteiger partial charge < -0.3 is 9.80 Å². The van der Waals surface area contributed by atoms with Crippen molar-refractivity contribution in [1.82, 2.24) is 9.80 Å². The van der Waals surface area contributed by atoms with Gasteiger partial charge in [-0.25, -0.2) is 4.79 Å². The third-order valence-corrected chi connectivity index (χ3v) is 7.09. The lowest BCUT2D eigenvalue weighted by Gasteiger charge is -2.30. The second-order valence-electron chi connectivity index (χ2n) is 8.79. The lowest BCUT2D eigenvalue weighted by molar-refractivity contribution is -0.127. The molecule has 3 aliphatic rings. The molecule has 2 aliphatic heterocycles. The molecule has 3 amide bonds. The summed E-state index contributed by atoms with van der Waals surface area (Å²) in [6, 6.07) is 17.0. The molecule has 0 saturated carbocycles. The Bertz CT molecular complexity index is 972. The maximum Gasteiger partial charge on any atom is 0.324 e. The molecule has 5 heteroatoms. The number of benzene rings is 2. The SMILES string of the molecule is CN(C(=O)N1CC(CCN2CCCC2=O)c2ccccc21)C1CCc2ccccc21. The van der Waals surface area contributed by atoms with E-state index < -0.39 is 0 Å². The van der Waals surface area contributed by atoms with E-state index in [1.165, 1.54) is 16.7 Å². The summed E-state index contributed by atoms with van der Waals surface area (Å²) in [6.07, 6.45) is 4.57. The van der Waals surface area contributed by atoms with Gasteiger partial charge in [0.1, 0.15) is 0 Å². The Morgan fingerprint density at radius 3 is 2.63 bits per heavy atom. The van der Waals surface area contributed by atoms with Crippen LogP contribution in [0.3, 0.4) is 0 Å². The van der Waals surface area contributed by atoms with Gasteiger partial charge in [-0.1, -0.05) is 42.5 Å². The predicted molar refractivity (Wildman–Crippen MR) is 118 cm³/mol. The van der Waals surface area contributed by atoms with E-state index in [-0.39, 0.29) is 23.9 Å². The fraction of sp³-hybridized carbons (Fsp3) is 0.440. The Morgan fingerprint density at radius 2 is 1.83 bits per heavy atom. The number of fused-ring (bicyclic) bond motifs is 2. The molecule has 2 atom stereocenters. The summed E-state index contributed by atoms with van der Waals surface area (Å²) in [5, 5.41) is 0. The van der Waals surface area contributed by atoms with Crippen LogP contribution in [0.25, 0.3) is 0 Å². The minimum atomic E-state index is 0.0731. The van der Waals surface area contributed by atoms with E-state index in [4.69, 9.17) is 0 Å². The highest BCUT2D eigenvalue weighted by Gasteiger charge is 2.37. The maximum absolute atomic E-state index is 13.6. The standard InChI is InChI=1S/C25H29N3O2/c1-26(22-13-12-18-7-2-3-8-20(18)22)25(30)28-17-19(21-9-4-5-10-23(21)28)14-16-27-15-6-11-24(27)29/h2-5,7-10,19,22H,6,11-17H2,1H3. The highest BCUT2D eigenvalue weighted by molar-refractivity contribution is 5.95. The molecule has 2 aromatic carbocycles. The molecule has 2 aromatic rings. The first-order valence-corrected chi connectivity index (χ1v) is 11.1. The summed E-state index contributed by atoms with van der Waals surface area (Å²) in [5.41, 5.74) is 4.90. The Balaban J connectivity index is 1.33. The number of hydrogen-bond donors (Lipinski definition) is 0. The quantitative estimate of drug-likeness (QED) is 0.762. The van der Waals surface area contributed by atoms with Crippen LogP contribution in [0.5, 0.6) is 0 Å². The Morgan fingerprint density at radius 1 is 1.07 bits per heavy atom. The predicted octanol–water partition coefficient (Wildman–Crippen LogP) is 4.34. The summed E-state index contributed by atoms with van der Waals surface area (Å²) in [6.45, 7) is 2.35. The van der Waals surface area contributed by atoms with Crippen LogP contribution >= 0.6 is 0 Å². The summed E-state index contributed by atoms with van der Waals surface area (Å²) in [4.78, 5) is 31.4. The number of aryl methyl sites for hydroxylation is 1. The van der Waals surface area contributed by atoms with E-state index in [0.29, 0.717) is 13.0 Å². The zero-order valence-electron chi connectivity index (χ0n) is 17.6. The van der Waals surface area contributed by atoms with E-state index in [2.05, 4.69) is 42.5 Å². The molecule has 30 heavy (non-hydrogen) atoms. The summed E-state index contributed by atoms with van der Waals surface area (Å²) in [7, 11) is 1.94. The minimum absolute atomic E-state index is 0.0731. The van der Waals surface area contributed by atoms with Crippen molar-refractivity contribution < 1.29 is 9.59 Å². The molecule has 1 aliphatic carbocycles. The number of hydrogen-bond acceptors (Lipinski definition) is 2. The van der Waals surface area contributed by atoms with E-state index in [9.17, 15) is 9.59 Å². The minimum Gasteiger partial charge on any atom is -0.343 e. The number of urea groups is 1. The van der Waals surface area contributed by atoms with Gasteiger partial charge in [0.25, 0.3) is 0 Å². The van der Waals surface area contributed by atoms with E-state index in [1.54, 1.807) is 0 Å². The van der Waals surface area contributed by atoms with Crippen molar-refractivity contribution in [2.75, 3.05) is 31.6 Å². The topological polar surface area (TPSA) is 43.9 Å². The van der Waals surface area contributed by atoms with Gasteiger partial charge >= 0.3 is 6.03 Å². The third kappa shape index (κ3) is 3.26. The van der Waals surface area contributed by atoms with Crippen molar-refractivity contribution in [3.05, 3.63) is 65.2 Å². The van der Waals surface area contributed by atoms with Crippen LogP contribution in [0.2, 0.25) is 0 Å². The Hall–Kier alpha value is -2.82. The van der Waals surface area contributed by atoms with Gasteiger partial charge in [-0.15, -0.1) is 0 Å². The fourth-order valence-electron chi connectivity index (χ4n) is 5.44. The molecule has 156 valence electrons. The first kappa shape index (κ1) is 19.2. The molecule has 0 N–H and O–H groups in total. The summed E-state index contributed by atoms with van der Waals surface area (Å²) in [5.74, 6) is 0.552. The van der Waals surface area contributed by atoms with Crippen molar-refractivity contribution in [2.45, 2.75) is 44.1 Å². The van der Waals surface area contributed by atoms with Crippen LogP contribution in [0.15, 0.2) is 48.5 Å². The maximum atomic E-state index is 13.6. The lowest BCUT2D eigenvalue weighted by Crippen LogP contribution is -2.42. The number of anilines is 1. The van der Waals surface area contributed by atoms with Crippen molar-refractivity contribution in [3.8, 4) is 0 Å². The van der Waals surface area contributed by atoms with Gasteiger partial charge in [-0.2, -0.15) is 0 Å². The van der Waals surface area contributed by atoms with Crippen molar-refractivity contribution in [2.24, 2.45) is 0 Å². The molecule has 5 rings (SSSR count). The largest absolute Gasteiger partial charge is 0.343 e. The molecule has 1 saturated heterocycles. The van der Waals surface area contributed by atoms with Crippen LogP contribution in [0.1, 0.15) is 54.3 Å². The molecule has 2 unspecified atom stereocenters. The number of carbonyl (C=O) groups excluding carboxylic acids is 2. The second-order valence-corrected chi connectivity index (χ2v) is 8.79. The number of amides is 3. The van der Waals surface area contributed by atoms with Gasteiger partial charge in [0.15, 0.2) is 0 Å².